The topological polar surface area (TPSA) is 60.5 Å². The molecule has 0 aliphatic rings. The van der Waals surface area contributed by atoms with E-state index in [1.54, 1.807) is 0 Å². The zero-order valence-corrected chi connectivity index (χ0v) is 16.7. The zero-order chi connectivity index (χ0) is 18.8. The molecule has 1 rings (SSSR count). The van der Waals surface area contributed by atoms with E-state index in [-0.39, 0.29) is 12.1 Å². The second-order valence-corrected chi connectivity index (χ2v) is 7.11. The highest BCUT2D eigenvalue weighted by molar-refractivity contribution is 5.74. The van der Waals surface area contributed by atoms with Gasteiger partial charge in [0.2, 0.25) is 0 Å². The van der Waals surface area contributed by atoms with Gasteiger partial charge in [-0.05, 0) is 51.9 Å². The maximum Gasteiger partial charge on any atom is 0.315 e. The normalized spacial score (nSPS) is 12.3. The number of urea groups is 1. The van der Waals surface area contributed by atoms with Gasteiger partial charge in [-0.25, -0.2) is 9.78 Å². The van der Waals surface area contributed by atoms with Crippen molar-refractivity contribution in [1.82, 2.24) is 20.5 Å². The first kappa shape index (κ1) is 21.2. The average molecular weight is 350 g/mol. The summed E-state index contributed by atoms with van der Waals surface area (Å²) in [4.78, 5) is 21.0. The van der Waals surface area contributed by atoms with Crippen LogP contribution < -0.4 is 15.5 Å². The number of aromatic nitrogens is 1. The van der Waals surface area contributed by atoms with E-state index in [0.717, 1.165) is 37.4 Å². The average Bonchev–Trinajstić information content (AvgIpc) is 2.54. The number of hydrogen-bond donors (Lipinski definition) is 2. The van der Waals surface area contributed by atoms with Crippen LogP contribution in [0.1, 0.15) is 39.7 Å². The number of amides is 2. The summed E-state index contributed by atoms with van der Waals surface area (Å²) >= 11 is 0. The van der Waals surface area contributed by atoms with Gasteiger partial charge in [-0.15, -0.1) is 0 Å². The van der Waals surface area contributed by atoms with E-state index >= 15 is 0 Å². The second-order valence-electron chi connectivity index (χ2n) is 7.11. The Morgan fingerprint density at radius 2 is 1.88 bits per heavy atom. The molecule has 0 aliphatic carbocycles. The molecule has 1 aromatic rings. The van der Waals surface area contributed by atoms with Crippen LogP contribution in [0.3, 0.4) is 0 Å². The van der Waals surface area contributed by atoms with Crippen molar-refractivity contribution >= 4 is 11.8 Å². The Kier molecular flexibility index (Phi) is 9.27. The fourth-order valence-corrected chi connectivity index (χ4v) is 2.86. The van der Waals surface area contributed by atoms with E-state index in [9.17, 15) is 4.79 Å². The molecule has 25 heavy (non-hydrogen) atoms. The van der Waals surface area contributed by atoms with Crippen LogP contribution in [0, 0.1) is 5.92 Å². The molecule has 0 saturated heterocycles. The van der Waals surface area contributed by atoms with Crippen LogP contribution in [0.15, 0.2) is 18.3 Å². The summed E-state index contributed by atoms with van der Waals surface area (Å²) in [5, 5.41) is 6.01. The lowest BCUT2D eigenvalue weighted by molar-refractivity contribution is 0.228. The maximum atomic E-state index is 12.2. The van der Waals surface area contributed by atoms with Gasteiger partial charge < -0.3 is 20.4 Å². The van der Waals surface area contributed by atoms with Gasteiger partial charge in [0.25, 0.3) is 0 Å². The third kappa shape index (κ3) is 8.20. The Hall–Kier alpha value is -1.82. The van der Waals surface area contributed by atoms with Crippen LogP contribution in [0.25, 0.3) is 0 Å². The molecule has 0 bridgehead atoms. The number of carbonyl (C=O) groups excluding carboxylic acids is 1. The first-order valence-electron chi connectivity index (χ1n) is 9.24. The van der Waals surface area contributed by atoms with E-state index in [2.05, 4.69) is 53.1 Å². The summed E-state index contributed by atoms with van der Waals surface area (Å²) in [5.74, 6) is 1.52. The first-order chi connectivity index (χ1) is 11.8. The van der Waals surface area contributed by atoms with Crippen molar-refractivity contribution in [3.05, 3.63) is 23.9 Å². The Bertz CT molecular complexity index is 487. The Morgan fingerprint density at radius 1 is 1.20 bits per heavy atom. The Balaban J connectivity index is 2.51. The van der Waals surface area contributed by atoms with Crippen LogP contribution in [0.2, 0.25) is 0 Å². The van der Waals surface area contributed by atoms with E-state index < -0.39 is 0 Å². The minimum atomic E-state index is -0.125. The van der Waals surface area contributed by atoms with Crippen LogP contribution in [-0.4, -0.2) is 55.7 Å². The number of anilines is 1. The standard InChI is InChI=1S/C19H35N5O/c1-7-24(8-2)18-10-9-16(12-20-18)13-21-19(25)22-17(11-15(3)4)14-23(5)6/h9-10,12,15,17H,7-8,11,13-14H2,1-6H3,(H2,21,22,25). The lowest BCUT2D eigenvalue weighted by Crippen LogP contribution is -2.46. The number of carbonyl (C=O) groups is 1. The maximum absolute atomic E-state index is 12.2. The summed E-state index contributed by atoms with van der Waals surface area (Å²) in [6.07, 6.45) is 2.80. The van der Waals surface area contributed by atoms with Gasteiger partial charge in [0.15, 0.2) is 0 Å². The summed E-state index contributed by atoms with van der Waals surface area (Å²) in [6.45, 7) is 11.8. The monoisotopic (exact) mass is 349 g/mol. The van der Waals surface area contributed by atoms with Gasteiger partial charge in [-0.2, -0.15) is 0 Å². The third-order valence-electron chi connectivity index (χ3n) is 4.03. The van der Waals surface area contributed by atoms with Gasteiger partial charge >= 0.3 is 6.03 Å². The number of nitrogens with zero attached hydrogens (tertiary/aromatic N) is 3. The minimum Gasteiger partial charge on any atom is -0.357 e. The van der Waals surface area contributed by atoms with Crippen LogP contribution >= 0.6 is 0 Å². The van der Waals surface area contributed by atoms with Crippen molar-refractivity contribution in [2.45, 2.75) is 46.7 Å². The number of rotatable bonds is 10. The molecule has 0 saturated carbocycles. The molecular formula is C19H35N5O. The van der Waals surface area contributed by atoms with Crippen molar-refractivity contribution in [3.8, 4) is 0 Å². The fourth-order valence-electron chi connectivity index (χ4n) is 2.86. The molecule has 2 amide bonds. The van der Waals surface area contributed by atoms with Gasteiger partial charge in [-0.3, -0.25) is 0 Å². The summed E-state index contributed by atoms with van der Waals surface area (Å²) in [6, 6.07) is 4.06. The molecule has 1 aromatic heterocycles. The largest absolute Gasteiger partial charge is 0.357 e. The lowest BCUT2D eigenvalue weighted by atomic mass is 10.0. The molecule has 0 aliphatic heterocycles. The molecule has 0 spiro atoms. The predicted molar refractivity (Wildman–Crippen MR) is 105 cm³/mol. The van der Waals surface area contributed by atoms with Crippen molar-refractivity contribution < 1.29 is 4.79 Å². The van der Waals surface area contributed by atoms with E-state index in [1.165, 1.54) is 0 Å². The second kappa shape index (κ2) is 10.9. The van der Waals surface area contributed by atoms with Crippen molar-refractivity contribution in [3.63, 3.8) is 0 Å². The van der Waals surface area contributed by atoms with E-state index in [1.807, 2.05) is 32.4 Å². The molecule has 1 heterocycles. The molecule has 1 unspecified atom stereocenters. The van der Waals surface area contributed by atoms with Crippen LogP contribution in [0.5, 0.6) is 0 Å². The van der Waals surface area contributed by atoms with E-state index in [4.69, 9.17) is 0 Å². The number of pyridine rings is 1. The van der Waals surface area contributed by atoms with Crippen LogP contribution in [0.4, 0.5) is 10.6 Å². The molecule has 0 radical (unpaired) electrons. The molecule has 1 atom stereocenters. The van der Waals surface area contributed by atoms with Crippen molar-refractivity contribution in [2.75, 3.05) is 38.6 Å². The lowest BCUT2D eigenvalue weighted by Gasteiger charge is -2.24. The van der Waals surface area contributed by atoms with E-state index in [0.29, 0.717) is 12.5 Å². The van der Waals surface area contributed by atoms with Crippen molar-refractivity contribution in [1.29, 1.82) is 0 Å². The van der Waals surface area contributed by atoms with Gasteiger partial charge in [0.1, 0.15) is 5.82 Å². The summed E-state index contributed by atoms with van der Waals surface area (Å²) < 4.78 is 0. The Morgan fingerprint density at radius 3 is 2.36 bits per heavy atom. The highest BCUT2D eigenvalue weighted by Crippen LogP contribution is 2.10. The molecule has 6 nitrogen and oxygen atoms in total. The molecule has 0 fully saturated rings. The van der Waals surface area contributed by atoms with Crippen LogP contribution in [-0.2, 0) is 6.54 Å². The summed E-state index contributed by atoms with van der Waals surface area (Å²) in [7, 11) is 4.05. The summed E-state index contributed by atoms with van der Waals surface area (Å²) in [5.41, 5.74) is 0.999. The molecule has 142 valence electrons. The van der Waals surface area contributed by atoms with Gasteiger partial charge in [0.05, 0.1) is 0 Å². The SMILES string of the molecule is CCN(CC)c1ccc(CNC(=O)NC(CC(C)C)CN(C)C)cn1. The minimum absolute atomic E-state index is 0.125. The highest BCUT2D eigenvalue weighted by Gasteiger charge is 2.14. The van der Waals surface area contributed by atoms with Gasteiger partial charge in [0, 0.05) is 38.4 Å². The molecule has 2 N–H and O–H groups in total. The number of nitrogens with one attached hydrogen (secondary N) is 2. The molecule has 0 aromatic carbocycles. The first-order valence-corrected chi connectivity index (χ1v) is 9.24. The van der Waals surface area contributed by atoms with Crippen molar-refractivity contribution in [2.24, 2.45) is 5.92 Å². The number of likely N-dealkylation sites (N-methyl/N-ethyl adjacent to an activating group) is 1. The highest BCUT2D eigenvalue weighted by atomic mass is 16.2. The number of hydrogen-bond acceptors (Lipinski definition) is 4. The van der Waals surface area contributed by atoms with Gasteiger partial charge in [-0.1, -0.05) is 19.9 Å². The smallest absolute Gasteiger partial charge is 0.315 e. The fraction of sp³-hybridized carbons (Fsp3) is 0.684. The third-order valence-corrected chi connectivity index (χ3v) is 4.03. The quantitative estimate of drug-likeness (QED) is 0.682. The predicted octanol–water partition coefficient (Wildman–Crippen LogP) is 2.70. The Labute approximate surface area is 153 Å². The zero-order valence-electron chi connectivity index (χ0n) is 16.7. The molecular weight excluding hydrogens is 314 g/mol. The molecule has 6 heteroatoms.